The Morgan fingerprint density at radius 3 is 2.52 bits per heavy atom. The van der Waals surface area contributed by atoms with Crippen LogP contribution >= 0.6 is 11.6 Å². The van der Waals surface area contributed by atoms with E-state index in [0.29, 0.717) is 28.6 Å². The number of nitrogens with zero attached hydrogens (tertiary/aromatic N) is 1. The molecule has 0 spiro atoms. The maximum atomic E-state index is 11.0. The van der Waals surface area contributed by atoms with Crippen LogP contribution in [0.4, 0.5) is 5.69 Å². The van der Waals surface area contributed by atoms with Crippen LogP contribution in [0.1, 0.15) is 16.7 Å². The highest BCUT2D eigenvalue weighted by atomic mass is 35.5. The van der Waals surface area contributed by atoms with Gasteiger partial charge in [-0.1, -0.05) is 17.7 Å². The quantitative estimate of drug-likeness (QED) is 0.681. The minimum atomic E-state index is -0.427. The Kier molecular flexibility index (Phi) is 4.45. The molecule has 21 heavy (non-hydrogen) atoms. The Morgan fingerprint density at radius 2 is 1.90 bits per heavy atom. The van der Waals surface area contributed by atoms with E-state index in [4.69, 9.17) is 22.1 Å². The fourth-order valence-electron chi connectivity index (χ4n) is 2.04. The molecule has 0 saturated carbocycles. The van der Waals surface area contributed by atoms with Crippen molar-refractivity contribution in [2.45, 2.75) is 20.4 Å². The molecule has 0 aliphatic rings. The third kappa shape index (κ3) is 3.32. The van der Waals surface area contributed by atoms with Gasteiger partial charge in [0.05, 0.1) is 11.0 Å². The van der Waals surface area contributed by atoms with Gasteiger partial charge in [-0.2, -0.15) is 0 Å². The van der Waals surface area contributed by atoms with Crippen molar-refractivity contribution in [1.29, 1.82) is 0 Å². The zero-order valence-electron chi connectivity index (χ0n) is 11.7. The lowest BCUT2D eigenvalue weighted by Crippen LogP contribution is -2.01. The molecule has 0 bridgehead atoms. The van der Waals surface area contributed by atoms with E-state index in [-0.39, 0.29) is 5.69 Å². The summed E-state index contributed by atoms with van der Waals surface area (Å²) in [5, 5.41) is 11.5. The Hall–Kier alpha value is -2.11. The van der Waals surface area contributed by atoms with E-state index >= 15 is 0 Å². The van der Waals surface area contributed by atoms with Crippen molar-refractivity contribution in [1.82, 2.24) is 0 Å². The zero-order valence-corrected chi connectivity index (χ0v) is 12.5. The predicted molar refractivity (Wildman–Crippen MR) is 82.0 cm³/mol. The maximum Gasteiger partial charge on any atom is 0.276 e. The van der Waals surface area contributed by atoms with Gasteiger partial charge < -0.3 is 10.5 Å². The third-order valence-corrected chi connectivity index (χ3v) is 3.39. The van der Waals surface area contributed by atoms with Crippen LogP contribution in [0, 0.1) is 24.0 Å². The van der Waals surface area contributed by atoms with E-state index < -0.39 is 4.92 Å². The van der Waals surface area contributed by atoms with Gasteiger partial charge in [-0.15, -0.1) is 0 Å². The molecule has 0 amide bonds. The molecule has 0 saturated heterocycles. The zero-order chi connectivity index (χ0) is 15.6. The van der Waals surface area contributed by atoms with Crippen LogP contribution in [0.5, 0.6) is 11.5 Å². The largest absolute Gasteiger partial charge is 0.456 e. The van der Waals surface area contributed by atoms with E-state index in [0.717, 1.165) is 11.1 Å². The van der Waals surface area contributed by atoms with Crippen molar-refractivity contribution >= 4 is 17.3 Å². The Bertz CT molecular complexity index is 702. The smallest absolute Gasteiger partial charge is 0.276 e. The normalized spacial score (nSPS) is 10.5. The molecule has 6 heteroatoms. The SMILES string of the molecule is Cc1cc(C)c([N+](=O)[O-])cc1Oc1cc(Cl)ccc1CN. The Morgan fingerprint density at radius 1 is 1.19 bits per heavy atom. The van der Waals surface area contributed by atoms with Gasteiger partial charge in [0, 0.05) is 22.7 Å². The highest BCUT2D eigenvalue weighted by Gasteiger charge is 2.16. The Balaban J connectivity index is 2.46. The van der Waals surface area contributed by atoms with Crippen molar-refractivity contribution in [3.8, 4) is 11.5 Å². The molecule has 0 radical (unpaired) electrons. The second-order valence-electron chi connectivity index (χ2n) is 4.72. The fraction of sp³-hybridized carbons (Fsp3) is 0.200. The number of ether oxygens (including phenoxy) is 1. The third-order valence-electron chi connectivity index (χ3n) is 3.16. The van der Waals surface area contributed by atoms with Gasteiger partial charge >= 0.3 is 0 Å². The predicted octanol–water partition coefficient (Wildman–Crippen LogP) is 4.12. The van der Waals surface area contributed by atoms with E-state index in [1.165, 1.54) is 6.07 Å². The molecule has 2 aromatic rings. The number of nitro benzene ring substituents is 1. The van der Waals surface area contributed by atoms with Crippen LogP contribution in [-0.2, 0) is 6.54 Å². The van der Waals surface area contributed by atoms with Crippen LogP contribution in [0.25, 0.3) is 0 Å². The number of aryl methyl sites for hydroxylation is 2. The van der Waals surface area contributed by atoms with Crippen molar-refractivity contribution in [3.63, 3.8) is 0 Å². The minimum absolute atomic E-state index is 0.0203. The summed E-state index contributed by atoms with van der Waals surface area (Å²) < 4.78 is 5.79. The van der Waals surface area contributed by atoms with E-state index in [9.17, 15) is 10.1 Å². The number of hydrogen-bond acceptors (Lipinski definition) is 4. The van der Waals surface area contributed by atoms with Crippen molar-refractivity contribution in [2.24, 2.45) is 5.73 Å². The molecule has 0 unspecified atom stereocenters. The van der Waals surface area contributed by atoms with Gasteiger partial charge in [-0.3, -0.25) is 10.1 Å². The van der Waals surface area contributed by atoms with Crippen LogP contribution in [0.2, 0.25) is 5.02 Å². The van der Waals surface area contributed by atoms with Gasteiger partial charge in [0.15, 0.2) is 0 Å². The number of benzene rings is 2. The molecule has 0 aromatic heterocycles. The number of nitro groups is 1. The molecule has 110 valence electrons. The fourth-order valence-corrected chi connectivity index (χ4v) is 2.20. The molecular formula is C15H15ClN2O3. The lowest BCUT2D eigenvalue weighted by atomic mass is 10.1. The number of halogens is 1. The molecule has 2 rings (SSSR count). The van der Waals surface area contributed by atoms with E-state index in [1.54, 1.807) is 31.2 Å². The second kappa shape index (κ2) is 6.11. The lowest BCUT2D eigenvalue weighted by molar-refractivity contribution is -0.385. The highest BCUT2D eigenvalue weighted by Crippen LogP contribution is 2.34. The monoisotopic (exact) mass is 306 g/mol. The summed E-state index contributed by atoms with van der Waals surface area (Å²) in [5.74, 6) is 0.926. The summed E-state index contributed by atoms with van der Waals surface area (Å²) in [6.45, 7) is 3.82. The van der Waals surface area contributed by atoms with Gasteiger partial charge in [0.2, 0.25) is 0 Å². The molecule has 0 aliphatic heterocycles. The highest BCUT2D eigenvalue weighted by molar-refractivity contribution is 6.30. The number of rotatable bonds is 4. The average molecular weight is 307 g/mol. The first-order valence-electron chi connectivity index (χ1n) is 6.34. The molecule has 2 aromatic carbocycles. The molecule has 2 N–H and O–H groups in total. The number of nitrogens with two attached hydrogens (primary N) is 1. The van der Waals surface area contributed by atoms with E-state index in [1.807, 2.05) is 6.92 Å². The van der Waals surface area contributed by atoms with Crippen molar-refractivity contribution in [3.05, 3.63) is 62.2 Å². The van der Waals surface area contributed by atoms with Crippen molar-refractivity contribution in [2.75, 3.05) is 0 Å². The molecule has 0 atom stereocenters. The van der Waals surface area contributed by atoms with Gasteiger partial charge in [-0.25, -0.2) is 0 Å². The lowest BCUT2D eigenvalue weighted by Gasteiger charge is -2.13. The molecule has 0 aliphatic carbocycles. The summed E-state index contributed by atoms with van der Waals surface area (Å²) in [6, 6.07) is 8.29. The summed E-state index contributed by atoms with van der Waals surface area (Å²) in [7, 11) is 0. The van der Waals surface area contributed by atoms with Crippen LogP contribution < -0.4 is 10.5 Å². The summed E-state index contributed by atoms with van der Waals surface area (Å²) >= 11 is 5.96. The van der Waals surface area contributed by atoms with Crippen LogP contribution in [-0.4, -0.2) is 4.92 Å². The summed E-state index contributed by atoms with van der Waals surface area (Å²) in [5.41, 5.74) is 7.86. The van der Waals surface area contributed by atoms with Crippen molar-refractivity contribution < 1.29 is 9.66 Å². The average Bonchev–Trinajstić information content (AvgIpc) is 2.41. The van der Waals surface area contributed by atoms with Crippen LogP contribution in [0.3, 0.4) is 0 Å². The first-order valence-corrected chi connectivity index (χ1v) is 6.72. The first kappa shape index (κ1) is 15.3. The Labute approximate surface area is 127 Å². The number of hydrogen-bond donors (Lipinski definition) is 1. The summed E-state index contributed by atoms with van der Waals surface area (Å²) in [6.07, 6.45) is 0. The maximum absolute atomic E-state index is 11.0. The van der Waals surface area contributed by atoms with Crippen LogP contribution in [0.15, 0.2) is 30.3 Å². The standard InChI is InChI=1S/C15H15ClN2O3/c1-9-5-10(2)14(7-13(9)18(19)20)21-15-6-12(16)4-3-11(15)8-17/h3-7H,8,17H2,1-2H3. The topological polar surface area (TPSA) is 78.4 Å². The molecule has 0 heterocycles. The second-order valence-corrected chi connectivity index (χ2v) is 5.16. The van der Waals surface area contributed by atoms with Gasteiger partial charge in [-0.05, 0) is 37.6 Å². The van der Waals surface area contributed by atoms with E-state index in [2.05, 4.69) is 0 Å². The van der Waals surface area contributed by atoms with Gasteiger partial charge in [0.1, 0.15) is 11.5 Å². The molecule has 5 nitrogen and oxygen atoms in total. The summed E-state index contributed by atoms with van der Waals surface area (Å²) in [4.78, 5) is 10.6. The molecular weight excluding hydrogens is 292 g/mol. The molecule has 0 fully saturated rings. The minimum Gasteiger partial charge on any atom is -0.456 e. The van der Waals surface area contributed by atoms with Gasteiger partial charge in [0.25, 0.3) is 5.69 Å². The first-order chi connectivity index (χ1) is 9.92.